The van der Waals surface area contributed by atoms with Gasteiger partial charge in [-0.25, -0.2) is 0 Å². The van der Waals surface area contributed by atoms with Crippen molar-refractivity contribution in [3.05, 3.63) is 22.7 Å². The van der Waals surface area contributed by atoms with Crippen LogP contribution in [-0.4, -0.2) is 13.7 Å². The first kappa shape index (κ1) is 9.62. The zero-order valence-electron chi connectivity index (χ0n) is 7.92. The van der Waals surface area contributed by atoms with Gasteiger partial charge in [0.1, 0.15) is 11.5 Å². The molecule has 0 saturated heterocycles. The molecule has 1 aliphatic heterocycles. The number of rotatable bonds is 1. The summed E-state index contributed by atoms with van der Waals surface area (Å²) in [7, 11) is 1.59. The third-order valence-electron chi connectivity index (χ3n) is 2.37. The Hall–Kier alpha value is -0.930. The molecule has 1 atom stereocenters. The summed E-state index contributed by atoms with van der Waals surface area (Å²) < 4.78 is 10.7. The molecule has 76 valence electrons. The third-order valence-corrected chi connectivity index (χ3v) is 2.67. The van der Waals surface area contributed by atoms with Crippen LogP contribution in [0.5, 0.6) is 11.5 Å². The summed E-state index contributed by atoms with van der Waals surface area (Å²) >= 11 is 5.99. The summed E-state index contributed by atoms with van der Waals surface area (Å²) in [6.07, 6.45) is 0.795. The Morgan fingerprint density at radius 3 is 3.07 bits per heavy atom. The maximum absolute atomic E-state index is 5.99. The largest absolute Gasteiger partial charge is 0.495 e. The van der Waals surface area contributed by atoms with Gasteiger partial charge in [0.15, 0.2) is 0 Å². The van der Waals surface area contributed by atoms with Crippen molar-refractivity contribution in [1.82, 2.24) is 0 Å². The zero-order valence-corrected chi connectivity index (χ0v) is 8.67. The highest BCUT2D eigenvalue weighted by Crippen LogP contribution is 2.41. The molecule has 0 amide bonds. The van der Waals surface area contributed by atoms with E-state index in [-0.39, 0.29) is 6.04 Å². The van der Waals surface area contributed by atoms with Crippen LogP contribution in [0.3, 0.4) is 0 Å². The van der Waals surface area contributed by atoms with Gasteiger partial charge in [-0.2, -0.15) is 0 Å². The fourth-order valence-corrected chi connectivity index (χ4v) is 1.92. The van der Waals surface area contributed by atoms with Gasteiger partial charge in [0.05, 0.1) is 24.3 Å². The Balaban J connectivity index is 2.57. The number of halogens is 1. The van der Waals surface area contributed by atoms with E-state index in [2.05, 4.69) is 0 Å². The van der Waals surface area contributed by atoms with Crippen LogP contribution in [-0.2, 0) is 0 Å². The van der Waals surface area contributed by atoms with Crippen molar-refractivity contribution in [2.45, 2.75) is 12.5 Å². The van der Waals surface area contributed by atoms with Crippen LogP contribution in [0.2, 0.25) is 5.02 Å². The van der Waals surface area contributed by atoms with Crippen molar-refractivity contribution in [3.63, 3.8) is 0 Å². The molecule has 1 aliphatic rings. The predicted molar refractivity (Wildman–Crippen MR) is 55.0 cm³/mol. The van der Waals surface area contributed by atoms with Gasteiger partial charge in [-0.15, -0.1) is 0 Å². The molecule has 2 N–H and O–H groups in total. The Morgan fingerprint density at radius 2 is 2.36 bits per heavy atom. The zero-order chi connectivity index (χ0) is 10.1. The second-order valence-corrected chi connectivity index (χ2v) is 3.64. The lowest BCUT2D eigenvalue weighted by atomic mass is 10.0. The Labute approximate surface area is 87.8 Å². The molecule has 2 rings (SSSR count). The van der Waals surface area contributed by atoms with E-state index < -0.39 is 0 Å². The quantitative estimate of drug-likeness (QED) is 0.777. The van der Waals surface area contributed by atoms with Crippen molar-refractivity contribution in [2.75, 3.05) is 13.7 Å². The summed E-state index contributed by atoms with van der Waals surface area (Å²) in [6, 6.07) is 3.55. The fourth-order valence-electron chi connectivity index (χ4n) is 1.68. The molecule has 0 aromatic heterocycles. The number of hydrogen-bond donors (Lipinski definition) is 1. The number of nitrogens with two attached hydrogens (primary N) is 1. The first-order valence-electron chi connectivity index (χ1n) is 4.49. The van der Waals surface area contributed by atoms with E-state index in [1.807, 2.05) is 6.07 Å². The summed E-state index contributed by atoms with van der Waals surface area (Å²) in [4.78, 5) is 0. The van der Waals surface area contributed by atoms with Crippen molar-refractivity contribution < 1.29 is 9.47 Å². The lowest BCUT2D eigenvalue weighted by molar-refractivity contribution is 0.262. The molecule has 3 nitrogen and oxygen atoms in total. The molecule has 0 aliphatic carbocycles. The van der Waals surface area contributed by atoms with Gasteiger partial charge in [-0.3, -0.25) is 0 Å². The van der Waals surface area contributed by atoms with E-state index in [1.165, 1.54) is 0 Å². The van der Waals surface area contributed by atoms with E-state index in [0.29, 0.717) is 17.4 Å². The minimum Gasteiger partial charge on any atom is -0.495 e. The van der Waals surface area contributed by atoms with E-state index >= 15 is 0 Å². The standard InChI is InChI=1S/C10H12ClNO2/c1-13-10-6(11)2-3-8-9(10)7(12)4-5-14-8/h2-3,7H,4-5,12H2,1H3/t7-/m1/s1. The molecule has 0 spiro atoms. The first-order chi connectivity index (χ1) is 6.74. The van der Waals surface area contributed by atoms with E-state index in [1.54, 1.807) is 13.2 Å². The van der Waals surface area contributed by atoms with Crippen LogP contribution in [0.15, 0.2) is 12.1 Å². The van der Waals surface area contributed by atoms with Gasteiger partial charge in [0.2, 0.25) is 0 Å². The molecule has 0 radical (unpaired) electrons. The van der Waals surface area contributed by atoms with Crippen LogP contribution in [0.25, 0.3) is 0 Å². The van der Waals surface area contributed by atoms with Crippen molar-refractivity contribution in [3.8, 4) is 11.5 Å². The SMILES string of the molecule is COc1c(Cl)ccc2c1[C@H](N)CCO2. The van der Waals surface area contributed by atoms with E-state index in [0.717, 1.165) is 17.7 Å². The topological polar surface area (TPSA) is 44.5 Å². The van der Waals surface area contributed by atoms with Gasteiger partial charge >= 0.3 is 0 Å². The molecule has 0 bridgehead atoms. The second-order valence-electron chi connectivity index (χ2n) is 3.24. The van der Waals surface area contributed by atoms with Gasteiger partial charge in [0.25, 0.3) is 0 Å². The fraction of sp³-hybridized carbons (Fsp3) is 0.400. The molecule has 0 fully saturated rings. The van der Waals surface area contributed by atoms with Crippen molar-refractivity contribution in [2.24, 2.45) is 5.73 Å². The summed E-state index contributed by atoms with van der Waals surface area (Å²) in [6.45, 7) is 0.652. The number of ether oxygens (including phenoxy) is 2. The molecule has 1 heterocycles. The maximum Gasteiger partial charge on any atom is 0.145 e. The maximum atomic E-state index is 5.99. The van der Waals surface area contributed by atoms with E-state index in [4.69, 9.17) is 26.8 Å². The van der Waals surface area contributed by atoms with Crippen LogP contribution < -0.4 is 15.2 Å². The summed E-state index contributed by atoms with van der Waals surface area (Å²) in [5.41, 5.74) is 6.85. The molecule has 0 saturated carbocycles. The molecule has 1 aromatic rings. The minimum absolute atomic E-state index is 0.0487. The lowest BCUT2D eigenvalue weighted by Crippen LogP contribution is -2.21. The average molecular weight is 214 g/mol. The monoisotopic (exact) mass is 213 g/mol. The van der Waals surface area contributed by atoms with Crippen LogP contribution in [0.4, 0.5) is 0 Å². The molecule has 1 aromatic carbocycles. The Bertz CT molecular complexity index is 354. The number of methoxy groups -OCH3 is 1. The lowest BCUT2D eigenvalue weighted by Gasteiger charge is -2.25. The van der Waals surface area contributed by atoms with Crippen LogP contribution in [0, 0.1) is 0 Å². The second kappa shape index (κ2) is 3.67. The predicted octanol–water partition coefficient (Wildman–Crippen LogP) is 2.13. The van der Waals surface area contributed by atoms with E-state index in [9.17, 15) is 0 Å². The number of hydrogen-bond acceptors (Lipinski definition) is 3. The Morgan fingerprint density at radius 1 is 1.57 bits per heavy atom. The molecule has 4 heteroatoms. The average Bonchev–Trinajstić information content (AvgIpc) is 2.19. The van der Waals surface area contributed by atoms with Crippen LogP contribution in [0.1, 0.15) is 18.0 Å². The molecular formula is C10H12ClNO2. The third kappa shape index (κ3) is 1.42. The minimum atomic E-state index is -0.0487. The molecular weight excluding hydrogens is 202 g/mol. The summed E-state index contributed by atoms with van der Waals surface area (Å²) in [5, 5.41) is 0.576. The van der Waals surface area contributed by atoms with Gasteiger partial charge in [0, 0.05) is 12.5 Å². The van der Waals surface area contributed by atoms with Gasteiger partial charge < -0.3 is 15.2 Å². The number of benzene rings is 1. The first-order valence-corrected chi connectivity index (χ1v) is 4.86. The normalized spacial score (nSPS) is 19.8. The highest BCUT2D eigenvalue weighted by atomic mass is 35.5. The van der Waals surface area contributed by atoms with Crippen molar-refractivity contribution >= 4 is 11.6 Å². The highest BCUT2D eigenvalue weighted by molar-refractivity contribution is 6.32. The highest BCUT2D eigenvalue weighted by Gasteiger charge is 2.23. The van der Waals surface area contributed by atoms with Crippen LogP contribution >= 0.6 is 11.6 Å². The molecule has 14 heavy (non-hydrogen) atoms. The van der Waals surface area contributed by atoms with Crippen molar-refractivity contribution in [1.29, 1.82) is 0 Å². The molecule has 0 unspecified atom stereocenters. The smallest absolute Gasteiger partial charge is 0.145 e. The summed E-state index contributed by atoms with van der Waals surface area (Å²) in [5.74, 6) is 1.42. The Kier molecular flexibility index (Phi) is 2.52. The van der Waals surface area contributed by atoms with Gasteiger partial charge in [-0.1, -0.05) is 11.6 Å². The number of fused-ring (bicyclic) bond motifs is 1. The van der Waals surface area contributed by atoms with Gasteiger partial charge in [-0.05, 0) is 12.1 Å².